The molecule has 0 radical (unpaired) electrons. The number of aryl methyl sites for hydroxylation is 1. The Labute approximate surface area is 115 Å². The summed E-state index contributed by atoms with van der Waals surface area (Å²) >= 11 is 0. The minimum Gasteiger partial charge on any atom is -0.371 e. The number of hydrogen-bond donors (Lipinski definition) is 1. The van der Waals surface area contributed by atoms with Crippen LogP contribution in [0, 0.1) is 6.92 Å². The van der Waals surface area contributed by atoms with Crippen molar-refractivity contribution in [1.82, 2.24) is 5.32 Å². The molecule has 4 nitrogen and oxygen atoms in total. The fourth-order valence-electron chi connectivity index (χ4n) is 2.58. The van der Waals surface area contributed by atoms with Crippen LogP contribution in [-0.2, 0) is 16.4 Å². The number of hydrogen-bond acceptors (Lipinski definition) is 4. The third-order valence-corrected chi connectivity index (χ3v) is 5.61. The molecule has 1 atom stereocenters. The zero-order valence-corrected chi connectivity index (χ0v) is 12.6. The maximum absolute atomic E-state index is 11.5. The highest BCUT2D eigenvalue weighted by atomic mass is 32.2. The van der Waals surface area contributed by atoms with Crippen LogP contribution in [0.1, 0.15) is 17.5 Å². The van der Waals surface area contributed by atoms with Crippen molar-refractivity contribution < 1.29 is 8.42 Å². The maximum atomic E-state index is 11.5. The Balaban J connectivity index is 2.16. The van der Waals surface area contributed by atoms with Crippen molar-refractivity contribution in [3.8, 4) is 0 Å². The predicted molar refractivity (Wildman–Crippen MR) is 79.4 cm³/mol. The quantitative estimate of drug-likeness (QED) is 0.905. The molecular formula is C14H22N2O2S. The first-order valence-corrected chi connectivity index (χ1v) is 8.42. The van der Waals surface area contributed by atoms with Crippen LogP contribution in [0.4, 0.5) is 5.69 Å². The average molecular weight is 282 g/mol. The molecule has 1 aliphatic rings. The first kappa shape index (κ1) is 14.3. The van der Waals surface area contributed by atoms with E-state index in [4.69, 9.17) is 0 Å². The smallest absolute Gasteiger partial charge is 0.152 e. The molecule has 1 fully saturated rings. The number of nitrogens with zero attached hydrogens (tertiary/aromatic N) is 1. The molecule has 0 bridgehead atoms. The van der Waals surface area contributed by atoms with E-state index in [2.05, 4.69) is 35.3 Å². The number of sulfone groups is 1. The van der Waals surface area contributed by atoms with E-state index < -0.39 is 9.84 Å². The molecular weight excluding hydrogens is 260 g/mol. The molecule has 1 aromatic rings. The summed E-state index contributed by atoms with van der Waals surface area (Å²) in [4.78, 5) is 2.10. The van der Waals surface area contributed by atoms with Gasteiger partial charge >= 0.3 is 0 Å². The van der Waals surface area contributed by atoms with Crippen molar-refractivity contribution in [1.29, 1.82) is 0 Å². The van der Waals surface area contributed by atoms with Gasteiger partial charge in [0, 0.05) is 25.3 Å². The molecule has 2 rings (SSSR count). The highest BCUT2D eigenvalue weighted by Gasteiger charge is 2.30. The lowest BCUT2D eigenvalue weighted by Crippen LogP contribution is -2.32. The van der Waals surface area contributed by atoms with Crippen molar-refractivity contribution in [2.45, 2.75) is 25.9 Å². The fraction of sp³-hybridized carbons (Fsp3) is 0.571. The number of rotatable bonds is 4. The van der Waals surface area contributed by atoms with Gasteiger partial charge in [-0.2, -0.15) is 0 Å². The van der Waals surface area contributed by atoms with E-state index in [9.17, 15) is 8.42 Å². The van der Waals surface area contributed by atoms with Crippen molar-refractivity contribution in [2.24, 2.45) is 0 Å². The summed E-state index contributed by atoms with van der Waals surface area (Å²) in [6, 6.07) is 6.43. The third kappa shape index (κ3) is 3.28. The van der Waals surface area contributed by atoms with Crippen LogP contribution in [0.2, 0.25) is 0 Å². The Morgan fingerprint density at radius 1 is 1.42 bits per heavy atom. The molecule has 0 spiro atoms. The Bertz CT molecular complexity index is 555. The highest BCUT2D eigenvalue weighted by molar-refractivity contribution is 7.91. The number of benzene rings is 1. The van der Waals surface area contributed by atoms with Gasteiger partial charge in [0.15, 0.2) is 9.84 Å². The third-order valence-electron chi connectivity index (χ3n) is 3.86. The van der Waals surface area contributed by atoms with Crippen LogP contribution >= 0.6 is 0 Å². The average Bonchev–Trinajstić information content (AvgIpc) is 2.71. The molecule has 1 aromatic carbocycles. The van der Waals surface area contributed by atoms with E-state index in [-0.39, 0.29) is 11.8 Å². The Morgan fingerprint density at radius 2 is 2.16 bits per heavy atom. The van der Waals surface area contributed by atoms with E-state index in [1.165, 1.54) is 11.1 Å². The Morgan fingerprint density at radius 3 is 2.68 bits per heavy atom. The summed E-state index contributed by atoms with van der Waals surface area (Å²) < 4.78 is 23.1. The molecule has 1 aliphatic heterocycles. The van der Waals surface area contributed by atoms with E-state index in [0.29, 0.717) is 5.75 Å². The topological polar surface area (TPSA) is 49.4 Å². The second-order valence-corrected chi connectivity index (χ2v) is 7.54. The van der Waals surface area contributed by atoms with Crippen molar-refractivity contribution >= 4 is 15.5 Å². The lowest BCUT2D eigenvalue weighted by molar-refractivity contribution is 0.601. The fourth-order valence-corrected chi connectivity index (χ4v) is 4.35. The van der Waals surface area contributed by atoms with Gasteiger partial charge in [0.25, 0.3) is 0 Å². The number of anilines is 1. The summed E-state index contributed by atoms with van der Waals surface area (Å²) in [6.45, 7) is 2.95. The van der Waals surface area contributed by atoms with Crippen LogP contribution in [0.5, 0.6) is 0 Å². The van der Waals surface area contributed by atoms with Crippen LogP contribution in [-0.4, -0.2) is 40.1 Å². The first-order valence-electron chi connectivity index (χ1n) is 6.60. The summed E-state index contributed by atoms with van der Waals surface area (Å²) in [5, 5.41) is 3.15. The van der Waals surface area contributed by atoms with Crippen LogP contribution < -0.4 is 10.2 Å². The van der Waals surface area contributed by atoms with Gasteiger partial charge in [-0.25, -0.2) is 8.42 Å². The molecule has 0 saturated carbocycles. The molecule has 1 heterocycles. The SMILES string of the molecule is CNCc1ccc(N(C)C2CCS(=O)(=O)C2)cc1C. The van der Waals surface area contributed by atoms with Crippen molar-refractivity contribution in [3.05, 3.63) is 29.3 Å². The molecule has 0 aliphatic carbocycles. The molecule has 1 unspecified atom stereocenters. The van der Waals surface area contributed by atoms with E-state index in [1.807, 2.05) is 14.1 Å². The molecule has 5 heteroatoms. The lowest BCUT2D eigenvalue weighted by atomic mass is 10.1. The normalized spacial score (nSPS) is 21.5. The van der Waals surface area contributed by atoms with Crippen molar-refractivity contribution in [3.63, 3.8) is 0 Å². The Kier molecular flexibility index (Phi) is 4.16. The van der Waals surface area contributed by atoms with Crippen LogP contribution in [0.3, 0.4) is 0 Å². The summed E-state index contributed by atoms with van der Waals surface area (Å²) in [6.07, 6.45) is 0.732. The van der Waals surface area contributed by atoms with Gasteiger partial charge in [-0.3, -0.25) is 0 Å². The number of nitrogens with one attached hydrogen (secondary N) is 1. The van der Waals surface area contributed by atoms with E-state index in [0.717, 1.165) is 18.7 Å². The minimum absolute atomic E-state index is 0.111. The monoisotopic (exact) mass is 282 g/mol. The zero-order valence-electron chi connectivity index (χ0n) is 11.8. The van der Waals surface area contributed by atoms with Gasteiger partial charge in [0.1, 0.15) is 0 Å². The van der Waals surface area contributed by atoms with Gasteiger partial charge in [-0.05, 0) is 43.7 Å². The molecule has 0 aromatic heterocycles. The van der Waals surface area contributed by atoms with Crippen molar-refractivity contribution in [2.75, 3.05) is 30.5 Å². The predicted octanol–water partition coefficient (Wildman–Crippen LogP) is 1.34. The zero-order chi connectivity index (χ0) is 14.0. The molecule has 0 amide bonds. The second kappa shape index (κ2) is 5.51. The second-order valence-electron chi connectivity index (χ2n) is 5.31. The summed E-state index contributed by atoms with van der Waals surface area (Å²) in [5.41, 5.74) is 3.61. The van der Waals surface area contributed by atoms with Gasteiger partial charge < -0.3 is 10.2 Å². The Hall–Kier alpha value is -1.07. The largest absolute Gasteiger partial charge is 0.371 e. The van der Waals surface area contributed by atoms with E-state index >= 15 is 0 Å². The first-order chi connectivity index (χ1) is 8.93. The van der Waals surface area contributed by atoms with Crippen LogP contribution in [0.15, 0.2) is 18.2 Å². The molecule has 1 N–H and O–H groups in total. The summed E-state index contributed by atoms with van der Waals surface area (Å²) in [5.74, 6) is 0.597. The van der Waals surface area contributed by atoms with Gasteiger partial charge in [-0.15, -0.1) is 0 Å². The van der Waals surface area contributed by atoms with Gasteiger partial charge in [-0.1, -0.05) is 6.07 Å². The molecule has 19 heavy (non-hydrogen) atoms. The maximum Gasteiger partial charge on any atom is 0.152 e. The summed E-state index contributed by atoms with van der Waals surface area (Å²) in [7, 11) is 1.09. The minimum atomic E-state index is -2.83. The van der Waals surface area contributed by atoms with Crippen LogP contribution in [0.25, 0.3) is 0 Å². The highest BCUT2D eigenvalue weighted by Crippen LogP contribution is 2.24. The van der Waals surface area contributed by atoms with Gasteiger partial charge in [0.2, 0.25) is 0 Å². The van der Waals surface area contributed by atoms with E-state index in [1.54, 1.807) is 0 Å². The molecule has 106 valence electrons. The lowest BCUT2D eigenvalue weighted by Gasteiger charge is -2.26. The van der Waals surface area contributed by atoms with Gasteiger partial charge in [0.05, 0.1) is 11.5 Å². The standard InChI is InChI=1S/C14H22N2O2S/c1-11-8-13(5-4-12(11)9-15-2)16(3)14-6-7-19(17,18)10-14/h4-5,8,14-15H,6-7,9-10H2,1-3H3. The molecule has 1 saturated heterocycles.